The molecule has 0 saturated heterocycles. The van der Waals surface area contributed by atoms with Gasteiger partial charge in [0.1, 0.15) is 0 Å². The lowest BCUT2D eigenvalue weighted by molar-refractivity contribution is 0.00221. The maximum Gasteiger partial charge on any atom is 0.287 e. The van der Waals surface area contributed by atoms with Gasteiger partial charge < -0.3 is 0 Å². The zero-order valence-corrected chi connectivity index (χ0v) is 10.6. The average molecular weight is 305 g/mol. The fourth-order valence-corrected chi connectivity index (χ4v) is 2.00. The first kappa shape index (κ1) is 14.6. The Morgan fingerprint density at radius 3 is 2.41 bits per heavy atom. The smallest absolute Gasteiger partial charge is 0.216 e. The van der Waals surface area contributed by atoms with Crippen molar-refractivity contribution < 1.29 is 17.2 Å². The zero-order valence-electron chi connectivity index (χ0n) is 8.25. The van der Waals surface area contributed by atoms with Gasteiger partial charge in [-0.25, -0.2) is 5.14 Å². The second-order valence-electron chi connectivity index (χ2n) is 3.19. The van der Waals surface area contributed by atoms with Crippen molar-refractivity contribution in [3.63, 3.8) is 0 Å². The van der Waals surface area contributed by atoms with Gasteiger partial charge in [0, 0.05) is 10.6 Å². The second-order valence-corrected chi connectivity index (χ2v) is 5.42. The van der Waals surface area contributed by atoms with Crippen LogP contribution in [0.3, 0.4) is 0 Å². The summed E-state index contributed by atoms with van der Waals surface area (Å²) in [5, 5.41) is 4.51. The first-order chi connectivity index (χ1) is 7.62. The van der Waals surface area contributed by atoms with Crippen LogP contribution in [-0.2, 0) is 16.1 Å². The molecule has 0 amide bonds. The Balaban J connectivity index is 2.96. The van der Waals surface area contributed by atoms with E-state index in [0.717, 1.165) is 12.1 Å². The summed E-state index contributed by atoms with van der Waals surface area (Å²) < 4.78 is 49.7. The molecule has 17 heavy (non-hydrogen) atoms. The highest BCUT2D eigenvalue weighted by molar-refractivity contribution is 7.87. The van der Waals surface area contributed by atoms with Crippen molar-refractivity contribution in [2.75, 3.05) is 6.54 Å². The van der Waals surface area contributed by atoms with E-state index in [-0.39, 0.29) is 10.0 Å². The van der Waals surface area contributed by atoms with Crippen LogP contribution < -0.4 is 9.86 Å². The summed E-state index contributed by atoms with van der Waals surface area (Å²) in [7, 11) is -4.19. The van der Waals surface area contributed by atoms with Crippen molar-refractivity contribution in [3.8, 4) is 0 Å². The summed E-state index contributed by atoms with van der Waals surface area (Å²) in [4.78, 5) is 0. The second kappa shape index (κ2) is 5.03. The molecule has 3 N–H and O–H groups in total. The summed E-state index contributed by atoms with van der Waals surface area (Å²) in [5.41, 5.74) is -0.528. The van der Waals surface area contributed by atoms with Gasteiger partial charge >= 0.3 is 0 Å². The SMILES string of the molecule is NS(=O)(=O)NCC(F)(F)c1ccc(Cl)cc1Cl. The molecule has 4 nitrogen and oxygen atoms in total. The molecule has 1 aromatic rings. The predicted octanol–water partition coefficient (Wildman–Crippen LogP) is 1.88. The number of halogens is 4. The lowest BCUT2D eigenvalue weighted by Gasteiger charge is -2.18. The Hall–Kier alpha value is -0.470. The van der Waals surface area contributed by atoms with Crippen LogP contribution in [0.1, 0.15) is 5.56 Å². The van der Waals surface area contributed by atoms with Crippen LogP contribution in [0.25, 0.3) is 0 Å². The van der Waals surface area contributed by atoms with E-state index in [0.29, 0.717) is 0 Å². The maximum absolute atomic E-state index is 13.6. The van der Waals surface area contributed by atoms with Gasteiger partial charge in [-0.1, -0.05) is 29.3 Å². The third-order valence-corrected chi connectivity index (χ3v) is 2.92. The van der Waals surface area contributed by atoms with E-state index < -0.39 is 28.2 Å². The third kappa shape index (κ3) is 4.36. The number of hydrogen-bond donors (Lipinski definition) is 2. The average Bonchev–Trinajstić information content (AvgIpc) is 2.13. The van der Waals surface area contributed by atoms with E-state index in [1.165, 1.54) is 10.8 Å². The van der Waals surface area contributed by atoms with Gasteiger partial charge in [-0.05, 0) is 12.1 Å². The molecule has 0 bridgehead atoms. The van der Waals surface area contributed by atoms with Crippen molar-refractivity contribution in [3.05, 3.63) is 33.8 Å². The lowest BCUT2D eigenvalue weighted by Crippen LogP contribution is -2.38. The summed E-state index contributed by atoms with van der Waals surface area (Å²) in [6.07, 6.45) is 0. The van der Waals surface area contributed by atoms with Gasteiger partial charge in [-0.2, -0.15) is 21.9 Å². The molecular formula is C8H8Cl2F2N2O2S. The fraction of sp³-hybridized carbons (Fsp3) is 0.250. The molecule has 0 unspecified atom stereocenters. The van der Waals surface area contributed by atoms with Crippen molar-refractivity contribution in [2.24, 2.45) is 5.14 Å². The number of benzene rings is 1. The zero-order chi connectivity index (χ0) is 13.3. The molecular weight excluding hydrogens is 297 g/mol. The van der Waals surface area contributed by atoms with Gasteiger partial charge in [0.05, 0.1) is 11.6 Å². The van der Waals surface area contributed by atoms with E-state index in [1.807, 2.05) is 0 Å². The first-order valence-electron chi connectivity index (χ1n) is 4.22. The standard InChI is InChI=1S/C8H8Cl2F2N2O2S/c9-5-1-2-6(7(10)3-5)8(11,12)4-14-17(13,15)16/h1-3,14H,4H2,(H2,13,15,16). The monoisotopic (exact) mass is 304 g/mol. The Bertz CT molecular complexity index is 522. The van der Waals surface area contributed by atoms with E-state index >= 15 is 0 Å². The number of nitrogens with two attached hydrogens (primary N) is 1. The highest BCUT2D eigenvalue weighted by Crippen LogP contribution is 2.34. The molecule has 0 saturated carbocycles. The summed E-state index contributed by atoms with van der Waals surface area (Å²) in [6, 6.07) is 3.40. The van der Waals surface area contributed by atoms with Crippen LogP contribution in [0.15, 0.2) is 18.2 Å². The Morgan fingerprint density at radius 1 is 1.35 bits per heavy atom. The van der Waals surface area contributed by atoms with Gasteiger partial charge in [0.2, 0.25) is 0 Å². The molecule has 0 spiro atoms. The van der Waals surface area contributed by atoms with Gasteiger partial charge in [-0.15, -0.1) is 0 Å². The van der Waals surface area contributed by atoms with Crippen molar-refractivity contribution in [1.82, 2.24) is 4.72 Å². The molecule has 0 aliphatic carbocycles. The summed E-state index contributed by atoms with van der Waals surface area (Å²) in [6.45, 7) is -1.17. The maximum atomic E-state index is 13.6. The van der Waals surface area contributed by atoms with Crippen molar-refractivity contribution >= 4 is 33.4 Å². The van der Waals surface area contributed by atoms with Crippen LogP contribution in [0.4, 0.5) is 8.78 Å². The van der Waals surface area contributed by atoms with Crippen molar-refractivity contribution in [2.45, 2.75) is 5.92 Å². The molecule has 0 heterocycles. The summed E-state index contributed by atoms with van der Waals surface area (Å²) >= 11 is 11.1. The van der Waals surface area contributed by atoms with Crippen LogP contribution in [0.5, 0.6) is 0 Å². The lowest BCUT2D eigenvalue weighted by atomic mass is 10.1. The Labute approximate surface area is 107 Å². The molecule has 1 rings (SSSR count). The molecule has 0 fully saturated rings. The predicted molar refractivity (Wildman–Crippen MR) is 61.5 cm³/mol. The molecule has 0 aliphatic rings. The number of nitrogens with one attached hydrogen (secondary N) is 1. The quantitative estimate of drug-likeness (QED) is 0.891. The molecule has 9 heteroatoms. The number of rotatable bonds is 4. The first-order valence-corrected chi connectivity index (χ1v) is 6.53. The van der Waals surface area contributed by atoms with E-state index in [2.05, 4.69) is 5.14 Å². The van der Waals surface area contributed by atoms with Gasteiger partial charge in [0.25, 0.3) is 16.1 Å². The van der Waals surface area contributed by atoms with Crippen LogP contribution in [0, 0.1) is 0 Å². The van der Waals surface area contributed by atoms with Crippen LogP contribution in [-0.4, -0.2) is 15.0 Å². The molecule has 1 aromatic carbocycles. The Morgan fingerprint density at radius 2 is 1.94 bits per heavy atom. The normalized spacial score (nSPS) is 12.8. The van der Waals surface area contributed by atoms with E-state index in [1.54, 1.807) is 0 Å². The minimum absolute atomic E-state index is 0.203. The molecule has 0 atom stereocenters. The molecule has 0 radical (unpaired) electrons. The highest BCUT2D eigenvalue weighted by Gasteiger charge is 2.34. The highest BCUT2D eigenvalue weighted by atomic mass is 35.5. The van der Waals surface area contributed by atoms with Crippen molar-refractivity contribution in [1.29, 1.82) is 0 Å². The third-order valence-electron chi connectivity index (χ3n) is 1.82. The topological polar surface area (TPSA) is 72.2 Å². The summed E-state index contributed by atoms with van der Waals surface area (Å²) in [5.74, 6) is -3.48. The number of alkyl halides is 2. The van der Waals surface area contributed by atoms with E-state index in [9.17, 15) is 17.2 Å². The van der Waals surface area contributed by atoms with Crippen LogP contribution >= 0.6 is 23.2 Å². The largest absolute Gasteiger partial charge is 0.287 e. The Kier molecular flexibility index (Phi) is 4.32. The minimum Gasteiger partial charge on any atom is -0.216 e. The molecule has 0 aromatic heterocycles. The fourth-order valence-electron chi connectivity index (χ4n) is 1.07. The number of hydrogen-bond acceptors (Lipinski definition) is 2. The molecule has 96 valence electrons. The van der Waals surface area contributed by atoms with Gasteiger partial charge in [0.15, 0.2) is 0 Å². The molecule has 0 aliphatic heterocycles. The van der Waals surface area contributed by atoms with E-state index in [4.69, 9.17) is 23.2 Å². The van der Waals surface area contributed by atoms with Gasteiger partial charge in [-0.3, -0.25) is 0 Å². The van der Waals surface area contributed by atoms with Crippen LogP contribution in [0.2, 0.25) is 10.0 Å². The minimum atomic E-state index is -4.19.